The molecule has 0 saturated heterocycles. The molecule has 5 heteroatoms. The third kappa shape index (κ3) is 3.72. The van der Waals surface area contributed by atoms with Gasteiger partial charge in [-0.25, -0.2) is 4.39 Å². The molecule has 2 rings (SSSR count). The first-order valence-corrected chi connectivity index (χ1v) is 6.51. The Balaban J connectivity index is 2.20. The zero-order chi connectivity index (χ0) is 15.2. The third-order valence-corrected chi connectivity index (χ3v) is 3.24. The minimum Gasteiger partial charge on any atom is -0.481 e. The normalized spacial score (nSPS) is 11.9. The number of hydrogen-bond acceptors (Lipinski definition) is 3. The maximum absolute atomic E-state index is 13.7. The molecule has 0 heterocycles. The summed E-state index contributed by atoms with van der Waals surface area (Å²) in [5.41, 5.74) is 1.80. The monoisotopic (exact) mass is 287 g/mol. The molecule has 0 radical (unpaired) electrons. The van der Waals surface area contributed by atoms with E-state index in [1.165, 1.54) is 6.07 Å². The lowest BCUT2D eigenvalue weighted by molar-refractivity contribution is -0.137. The predicted molar refractivity (Wildman–Crippen MR) is 77.2 cm³/mol. The first kappa shape index (κ1) is 14.8. The second-order valence-corrected chi connectivity index (χ2v) is 4.66. The van der Waals surface area contributed by atoms with Crippen LogP contribution in [0, 0.1) is 10.7 Å². The van der Waals surface area contributed by atoms with Crippen LogP contribution in [-0.4, -0.2) is 11.1 Å². The molecule has 1 N–H and O–H groups in total. The van der Waals surface area contributed by atoms with Gasteiger partial charge in [0.1, 0.15) is 11.9 Å². The Kier molecular flexibility index (Phi) is 4.77. The van der Waals surface area contributed by atoms with Gasteiger partial charge in [-0.15, -0.1) is 0 Å². The summed E-state index contributed by atoms with van der Waals surface area (Å²) in [6.45, 7) is 0. The van der Waals surface area contributed by atoms with Gasteiger partial charge in [-0.2, -0.15) is 4.91 Å². The number of carbonyl (C=O) groups is 1. The van der Waals surface area contributed by atoms with E-state index >= 15 is 0 Å². The van der Waals surface area contributed by atoms with Crippen molar-refractivity contribution in [3.63, 3.8) is 0 Å². The third-order valence-electron chi connectivity index (χ3n) is 3.24. The van der Waals surface area contributed by atoms with Gasteiger partial charge in [-0.1, -0.05) is 47.6 Å². The topological polar surface area (TPSA) is 66.7 Å². The van der Waals surface area contributed by atoms with Crippen molar-refractivity contribution in [3.8, 4) is 11.1 Å². The van der Waals surface area contributed by atoms with E-state index in [4.69, 9.17) is 5.11 Å². The largest absolute Gasteiger partial charge is 0.481 e. The van der Waals surface area contributed by atoms with Crippen LogP contribution in [0.15, 0.2) is 53.7 Å². The van der Waals surface area contributed by atoms with Gasteiger partial charge in [0.15, 0.2) is 0 Å². The van der Waals surface area contributed by atoms with E-state index in [1.807, 2.05) is 0 Å². The molecule has 0 aliphatic carbocycles. The molecule has 21 heavy (non-hydrogen) atoms. The SMILES string of the molecule is O=NC(CCC(=O)O)c1ccc(-c2ccccc2F)cc1. The fourth-order valence-electron chi connectivity index (χ4n) is 2.12. The lowest BCUT2D eigenvalue weighted by Crippen LogP contribution is -2.01. The van der Waals surface area contributed by atoms with E-state index in [1.54, 1.807) is 42.5 Å². The van der Waals surface area contributed by atoms with Crippen molar-refractivity contribution in [3.05, 3.63) is 64.8 Å². The van der Waals surface area contributed by atoms with Gasteiger partial charge < -0.3 is 5.11 Å². The predicted octanol–water partition coefficient (Wildman–Crippen LogP) is 4.17. The number of aliphatic carboxylic acids is 1. The van der Waals surface area contributed by atoms with Gasteiger partial charge in [-0.05, 0) is 23.6 Å². The van der Waals surface area contributed by atoms with Gasteiger partial charge >= 0.3 is 5.97 Å². The second-order valence-electron chi connectivity index (χ2n) is 4.66. The molecule has 0 bridgehead atoms. The quantitative estimate of drug-likeness (QED) is 0.811. The molecule has 1 atom stereocenters. The Labute approximate surface area is 121 Å². The summed E-state index contributed by atoms with van der Waals surface area (Å²) in [7, 11) is 0. The standard InChI is InChI=1S/C16H14FNO3/c17-14-4-2-1-3-13(14)11-5-7-12(8-6-11)15(18-21)9-10-16(19)20/h1-8,15H,9-10H2,(H,19,20). The van der Waals surface area contributed by atoms with E-state index in [0.717, 1.165) is 0 Å². The molecule has 0 aliphatic rings. The molecule has 1 unspecified atom stereocenters. The van der Waals surface area contributed by atoms with Crippen molar-refractivity contribution < 1.29 is 14.3 Å². The highest BCUT2D eigenvalue weighted by Crippen LogP contribution is 2.27. The fourth-order valence-corrected chi connectivity index (χ4v) is 2.12. The molecule has 0 fully saturated rings. The number of benzene rings is 2. The highest BCUT2D eigenvalue weighted by molar-refractivity contribution is 5.67. The number of nitroso groups, excluding NO2 is 1. The van der Waals surface area contributed by atoms with E-state index in [9.17, 15) is 14.1 Å². The highest BCUT2D eigenvalue weighted by Gasteiger charge is 2.14. The number of nitrogens with zero attached hydrogens (tertiary/aromatic N) is 1. The Morgan fingerprint density at radius 2 is 1.81 bits per heavy atom. The zero-order valence-corrected chi connectivity index (χ0v) is 11.2. The van der Waals surface area contributed by atoms with Crippen LogP contribution in [0.4, 0.5) is 4.39 Å². The average molecular weight is 287 g/mol. The Bertz CT molecular complexity index is 640. The minimum atomic E-state index is -0.966. The van der Waals surface area contributed by atoms with Gasteiger partial charge in [-0.3, -0.25) is 4.79 Å². The van der Waals surface area contributed by atoms with Crippen LogP contribution in [0.2, 0.25) is 0 Å². The van der Waals surface area contributed by atoms with Crippen molar-refractivity contribution in [2.75, 3.05) is 0 Å². The molecule has 0 aliphatic heterocycles. The highest BCUT2D eigenvalue weighted by atomic mass is 19.1. The first-order valence-electron chi connectivity index (χ1n) is 6.51. The van der Waals surface area contributed by atoms with Crippen LogP contribution in [0.3, 0.4) is 0 Å². The second kappa shape index (κ2) is 6.74. The van der Waals surface area contributed by atoms with E-state index < -0.39 is 12.0 Å². The van der Waals surface area contributed by atoms with Crippen molar-refractivity contribution >= 4 is 5.97 Å². The molecule has 0 spiro atoms. The van der Waals surface area contributed by atoms with Crippen molar-refractivity contribution in [1.82, 2.24) is 0 Å². The molecule has 108 valence electrons. The van der Waals surface area contributed by atoms with Crippen LogP contribution < -0.4 is 0 Å². The maximum atomic E-state index is 13.7. The molecular formula is C16H14FNO3. The van der Waals surface area contributed by atoms with Crippen molar-refractivity contribution in [2.45, 2.75) is 18.9 Å². The number of carboxylic acids is 1. The Morgan fingerprint density at radius 3 is 2.38 bits per heavy atom. The minimum absolute atomic E-state index is 0.120. The van der Waals surface area contributed by atoms with Gasteiger partial charge in [0.25, 0.3) is 0 Å². The summed E-state index contributed by atoms with van der Waals surface area (Å²) in [4.78, 5) is 21.4. The van der Waals surface area contributed by atoms with Crippen molar-refractivity contribution in [1.29, 1.82) is 0 Å². The summed E-state index contributed by atoms with van der Waals surface area (Å²) >= 11 is 0. The number of hydrogen-bond donors (Lipinski definition) is 1. The smallest absolute Gasteiger partial charge is 0.303 e. The fraction of sp³-hybridized carbons (Fsp3) is 0.188. The molecule has 4 nitrogen and oxygen atoms in total. The first-order chi connectivity index (χ1) is 10.1. The van der Waals surface area contributed by atoms with Gasteiger partial charge in [0.2, 0.25) is 0 Å². The molecule has 2 aromatic rings. The van der Waals surface area contributed by atoms with Crippen LogP contribution in [0.25, 0.3) is 11.1 Å². The summed E-state index contributed by atoms with van der Waals surface area (Å²) in [6, 6.07) is 12.5. The molecule has 0 aromatic heterocycles. The molecule has 2 aromatic carbocycles. The van der Waals surface area contributed by atoms with E-state index in [-0.39, 0.29) is 18.7 Å². The van der Waals surface area contributed by atoms with E-state index in [0.29, 0.717) is 16.7 Å². The number of rotatable bonds is 6. The lowest BCUT2D eigenvalue weighted by Gasteiger charge is -2.09. The van der Waals surface area contributed by atoms with E-state index in [2.05, 4.69) is 5.18 Å². The van der Waals surface area contributed by atoms with Crippen LogP contribution in [-0.2, 0) is 4.79 Å². The van der Waals surface area contributed by atoms with Gasteiger partial charge in [0, 0.05) is 12.0 Å². The van der Waals surface area contributed by atoms with Crippen LogP contribution in [0.5, 0.6) is 0 Å². The summed E-state index contributed by atoms with van der Waals surface area (Å²) in [6.07, 6.45) is 0.0311. The Morgan fingerprint density at radius 1 is 1.14 bits per heavy atom. The van der Waals surface area contributed by atoms with Gasteiger partial charge in [0.05, 0.1) is 0 Å². The summed E-state index contributed by atoms with van der Waals surface area (Å²) in [5.74, 6) is -1.28. The molecule has 0 amide bonds. The lowest BCUT2D eigenvalue weighted by atomic mass is 9.98. The Hall–Kier alpha value is -2.56. The number of carboxylic acid groups (broad SMARTS) is 1. The van der Waals surface area contributed by atoms with Crippen molar-refractivity contribution in [2.24, 2.45) is 5.18 Å². The van der Waals surface area contributed by atoms with Crippen LogP contribution >= 0.6 is 0 Å². The average Bonchev–Trinajstić information content (AvgIpc) is 2.49. The molecular weight excluding hydrogens is 273 g/mol. The van der Waals surface area contributed by atoms with Crippen LogP contribution in [0.1, 0.15) is 24.4 Å². The maximum Gasteiger partial charge on any atom is 0.303 e. The zero-order valence-electron chi connectivity index (χ0n) is 11.2. The summed E-state index contributed by atoms with van der Waals surface area (Å²) < 4.78 is 13.7. The number of halogens is 1. The summed E-state index contributed by atoms with van der Waals surface area (Å²) in [5, 5.41) is 11.6. The molecule has 0 saturated carbocycles.